The zero-order valence-electron chi connectivity index (χ0n) is 17.5. The van der Waals surface area contributed by atoms with Crippen LogP contribution in [0.3, 0.4) is 0 Å². The highest BCUT2D eigenvalue weighted by Gasteiger charge is 2.19. The van der Waals surface area contributed by atoms with Crippen LogP contribution in [-0.4, -0.2) is 33.8 Å². The summed E-state index contributed by atoms with van der Waals surface area (Å²) in [5, 5.41) is 11.1. The van der Waals surface area contributed by atoms with Crippen molar-refractivity contribution in [3.63, 3.8) is 0 Å². The molecule has 0 fully saturated rings. The molecule has 2 rings (SSSR count). The first kappa shape index (κ1) is 23.5. The summed E-state index contributed by atoms with van der Waals surface area (Å²) >= 11 is 0. The van der Waals surface area contributed by atoms with E-state index >= 15 is 0 Å². The highest BCUT2D eigenvalue weighted by molar-refractivity contribution is 14.0. The van der Waals surface area contributed by atoms with Gasteiger partial charge in [-0.25, -0.2) is 9.98 Å². The van der Waals surface area contributed by atoms with Gasteiger partial charge in [-0.05, 0) is 32.8 Å². The highest BCUT2D eigenvalue weighted by Crippen LogP contribution is 2.22. The van der Waals surface area contributed by atoms with Crippen molar-refractivity contribution in [1.29, 1.82) is 0 Å². The van der Waals surface area contributed by atoms with Crippen LogP contribution < -0.4 is 10.6 Å². The van der Waals surface area contributed by atoms with Gasteiger partial charge in [0.25, 0.3) is 0 Å². The molecule has 0 aliphatic heterocycles. The third-order valence-electron chi connectivity index (χ3n) is 4.34. The number of halogens is 1. The first-order chi connectivity index (χ1) is 12.2. The second kappa shape index (κ2) is 10.1. The third kappa shape index (κ3) is 6.51. The second-order valence-electron chi connectivity index (χ2n) is 7.51. The first-order valence-corrected chi connectivity index (χ1v) is 9.18. The molecule has 0 bridgehead atoms. The van der Waals surface area contributed by atoms with Gasteiger partial charge in [0.2, 0.25) is 5.89 Å². The van der Waals surface area contributed by atoms with Crippen LogP contribution in [0.4, 0.5) is 0 Å². The van der Waals surface area contributed by atoms with Crippen LogP contribution in [-0.2, 0) is 25.4 Å². The van der Waals surface area contributed by atoms with Gasteiger partial charge in [-0.1, -0.05) is 20.8 Å². The number of aromatic nitrogens is 3. The average molecular weight is 488 g/mol. The van der Waals surface area contributed by atoms with E-state index < -0.39 is 0 Å². The van der Waals surface area contributed by atoms with E-state index in [9.17, 15) is 0 Å². The third-order valence-corrected chi connectivity index (χ3v) is 4.34. The van der Waals surface area contributed by atoms with Gasteiger partial charge < -0.3 is 15.1 Å². The van der Waals surface area contributed by atoms with E-state index in [4.69, 9.17) is 4.42 Å². The van der Waals surface area contributed by atoms with Gasteiger partial charge in [0, 0.05) is 31.2 Å². The summed E-state index contributed by atoms with van der Waals surface area (Å²) in [5.41, 5.74) is 3.54. The molecule has 0 aliphatic rings. The predicted octanol–water partition coefficient (Wildman–Crippen LogP) is 3.24. The maximum absolute atomic E-state index is 5.80. The standard InChI is InChI=1S/C19H32N6O.HI/c1-8-20-18(21-10-9-15-13(2)24-25(7)14(15)3)23-12-17-22-11-16(26-17)19(4,5)6;/h11H,8-10,12H2,1-7H3,(H2,20,21,23);1H. The van der Waals surface area contributed by atoms with Crippen molar-refractivity contribution in [2.75, 3.05) is 13.1 Å². The van der Waals surface area contributed by atoms with E-state index in [1.165, 1.54) is 11.3 Å². The number of aryl methyl sites for hydroxylation is 2. The Balaban J connectivity index is 0.00000364. The molecule has 2 aromatic rings. The fourth-order valence-corrected chi connectivity index (χ4v) is 2.70. The Morgan fingerprint density at radius 2 is 1.96 bits per heavy atom. The molecule has 0 saturated carbocycles. The summed E-state index contributed by atoms with van der Waals surface area (Å²) in [6.07, 6.45) is 2.70. The van der Waals surface area contributed by atoms with Crippen LogP contribution >= 0.6 is 24.0 Å². The summed E-state index contributed by atoms with van der Waals surface area (Å²) in [7, 11) is 1.98. The molecule has 0 atom stereocenters. The lowest BCUT2D eigenvalue weighted by molar-refractivity contribution is 0.383. The number of nitrogens with zero attached hydrogens (tertiary/aromatic N) is 4. The second-order valence-corrected chi connectivity index (χ2v) is 7.51. The van der Waals surface area contributed by atoms with Gasteiger partial charge in [0.05, 0.1) is 11.9 Å². The lowest BCUT2D eigenvalue weighted by atomic mass is 9.94. The lowest BCUT2D eigenvalue weighted by Gasteiger charge is -2.13. The van der Waals surface area contributed by atoms with Crippen LogP contribution in [0.1, 0.15) is 56.3 Å². The van der Waals surface area contributed by atoms with E-state index in [0.717, 1.165) is 36.9 Å². The van der Waals surface area contributed by atoms with Crippen LogP contribution in [0, 0.1) is 13.8 Å². The van der Waals surface area contributed by atoms with Gasteiger partial charge >= 0.3 is 0 Å². The fraction of sp³-hybridized carbons (Fsp3) is 0.632. The Kier molecular flexibility index (Phi) is 8.77. The molecule has 0 aromatic carbocycles. The Bertz CT molecular complexity index is 757. The highest BCUT2D eigenvalue weighted by atomic mass is 127. The lowest BCUT2D eigenvalue weighted by Crippen LogP contribution is -2.38. The zero-order chi connectivity index (χ0) is 19.3. The monoisotopic (exact) mass is 488 g/mol. The molecule has 2 aromatic heterocycles. The first-order valence-electron chi connectivity index (χ1n) is 9.18. The molecule has 152 valence electrons. The fourth-order valence-electron chi connectivity index (χ4n) is 2.70. The van der Waals surface area contributed by atoms with Gasteiger partial charge in [-0.15, -0.1) is 24.0 Å². The van der Waals surface area contributed by atoms with Crippen molar-refractivity contribution in [1.82, 2.24) is 25.4 Å². The number of guanidine groups is 1. The van der Waals surface area contributed by atoms with Crippen LogP contribution in [0.25, 0.3) is 0 Å². The summed E-state index contributed by atoms with van der Waals surface area (Å²) in [4.78, 5) is 8.91. The minimum Gasteiger partial charge on any atom is -0.443 e. The van der Waals surface area contributed by atoms with Gasteiger partial charge in [-0.2, -0.15) is 5.10 Å². The summed E-state index contributed by atoms with van der Waals surface area (Å²) in [5.74, 6) is 2.27. The summed E-state index contributed by atoms with van der Waals surface area (Å²) in [6, 6.07) is 0. The van der Waals surface area contributed by atoms with Crippen LogP contribution in [0.2, 0.25) is 0 Å². The largest absolute Gasteiger partial charge is 0.443 e. The summed E-state index contributed by atoms with van der Waals surface area (Å²) in [6.45, 7) is 14.5. The molecule has 0 radical (unpaired) electrons. The molecule has 2 N–H and O–H groups in total. The van der Waals surface area contributed by atoms with Gasteiger partial charge in [0.15, 0.2) is 5.96 Å². The van der Waals surface area contributed by atoms with Crippen molar-refractivity contribution in [2.24, 2.45) is 12.0 Å². The van der Waals surface area contributed by atoms with Gasteiger partial charge in [0.1, 0.15) is 12.3 Å². The van der Waals surface area contributed by atoms with Gasteiger partial charge in [-0.3, -0.25) is 4.68 Å². The summed E-state index contributed by atoms with van der Waals surface area (Å²) < 4.78 is 7.73. The van der Waals surface area contributed by atoms with E-state index in [0.29, 0.717) is 12.4 Å². The van der Waals surface area contributed by atoms with Crippen molar-refractivity contribution in [2.45, 2.75) is 59.9 Å². The molecule has 0 spiro atoms. The molecule has 7 nitrogen and oxygen atoms in total. The van der Waals surface area contributed by atoms with E-state index in [1.54, 1.807) is 6.20 Å². The molecule has 0 aliphatic carbocycles. The van der Waals surface area contributed by atoms with Crippen molar-refractivity contribution >= 4 is 29.9 Å². The molecule has 27 heavy (non-hydrogen) atoms. The zero-order valence-corrected chi connectivity index (χ0v) is 19.8. The molecular weight excluding hydrogens is 455 g/mol. The number of oxazole rings is 1. The van der Waals surface area contributed by atoms with Crippen molar-refractivity contribution < 1.29 is 4.42 Å². The Hall–Kier alpha value is -1.58. The van der Waals surface area contributed by atoms with Crippen LogP contribution in [0.15, 0.2) is 15.6 Å². The number of hydrogen-bond donors (Lipinski definition) is 2. The quantitative estimate of drug-likeness (QED) is 0.371. The maximum atomic E-state index is 5.80. The number of hydrogen-bond acceptors (Lipinski definition) is 4. The molecule has 2 heterocycles. The normalized spacial score (nSPS) is 12.0. The van der Waals surface area contributed by atoms with Crippen molar-refractivity contribution in [3.05, 3.63) is 34.8 Å². The molecular formula is C19H33IN6O. The topological polar surface area (TPSA) is 80.3 Å². The minimum atomic E-state index is -0.0445. The Morgan fingerprint density at radius 3 is 2.48 bits per heavy atom. The number of aliphatic imine (C=N–C) groups is 1. The SMILES string of the molecule is CCNC(=NCc1ncc(C(C)(C)C)o1)NCCc1c(C)nn(C)c1C.I. The van der Waals surface area contributed by atoms with Crippen molar-refractivity contribution in [3.8, 4) is 0 Å². The maximum Gasteiger partial charge on any atom is 0.216 e. The van der Waals surface area contributed by atoms with E-state index in [1.807, 2.05) is 11.7 Å². The molecule has 8 heteroatoms. The predicted molar refractivity (Wildman–Crippen MR) is 120 cm³/mol. The Morgan fingerprint density at radius 1 is 1.26 bits per heavy atom. The molecule has 0 saturated heterocycles. The smallest absolute Gasteiger partial charge is 0.216 e. The van der Waals surface area contributed by atoms with Crippen LogP contribution in [0.5, 0.6) is 0 Å². The molecule has 0 amide bonds. The molecule has 0 unspecified atom stereocenters. The Labute approximate surface area is 179 Å². The average Bonchev–Trinajstić information content (AvgIpc) is 3.12. The van der Waals surface area contributed by atoms with E-state index in [2.05, 4.69) is 67.3 Å². The van der Waals surface area contributed by atoms with E-state index in [-0.39, 0.29) is 29.4 Å². The minimum absolute atomic E-state index is 0. The number of nitrogens with one attached hydrogen (secondary N) is 2. The number of rotatable bonds is 6.